The van der Waals surface area contributed by atoms with Gasteiger partial charge in [-0.2, -0.15) is 0 Å². The fraction of sp³-hybridized carbons (Fsp3) is 0.647. The molecule has 0 spiro atoms. The van der Waals surface area contributed by atoms with E-state index < -0.39 is 0 Å². The summed E-state index contributed by atoms with van der Waals surface area (Å²) >= 11 is 3.74. The monoisotopic (exact) mass is 354 g/mol. The number of anilines is 1. The largest absolute Gasteiger partial charge is 0.377 e. The standard InChI is InChI=1S/C17H27BrN2O/c1-4-9-19-12-14-6-7-16(15(18)11-14)20-10-5-8-17(2,13-20)21-3/h6-7,11,19H,4-5,8-10,12-13H2,1-3H3. The molecule has 1 saturated heterocycles. The lowest BCUT2D eigenvalue weighted by molar-refractivity contribution is -0.00467. The molecule has 0 bridgehead atoms. The average molecular weight is 355 g/mol. The van der Waals surface area contributed by atoms with Crippen molar-refractivity contribution >= 4 is 21.6 Å². The van der Waals surface area contributed by atoms with Crippen molar-refractivity contribution in [3.8, 4) is 0 Å². The minimum atomic E-state index is -0.0287. The predicted molar refractivity (Wildman–Crippen MR) is 93.0 cm³/mol. The molecule has 4 heteroatoms. The zero-order valence-electron chi connectivity index (χ0n) is 13.4. The van der Waals surface area contributed by atoms with Crippen molar-refractivity contribution in [1.29, 1.82) is 0 Å². The molecular weight excluding hydrogens is 328 g/mol. The van der Waals surface area contributed by atoms with E-state index >= 15 is 0 Å². The van der Waals surface area contributed by atoms with Gasteiger partial charge in [0.15, 0.2) is 0 Å². The second-order valence-electron chi connectivity index (χ2n) is 6.14. The van der Waals surface area contributed by atoms with E-state index in [4.69, 9.17) is 4.74 Å². The normalized spacial score (nSPS) is 22.6. The molecular formula is C17H27BrN2O. The lowest BCUT2D eigenvalue weighted by Gasteiger charge is -2.41. The van der Waals surface area contributed by atoms with Crippen LogP contribution in [0, 0.1) is 0 Å². The highest BCUT2D eigenvalue weighted by Crippen LogP contribution is 2.33. The first kappa shape index (κ1) is 16.8. The summed E-state index contributed by atoms with van der Waals surface area (Å²) in [5.74, 6) is 0. The van der Waals surface area contributed by atoms with Gasteiger partial charge in [-0.1, -0.05) is 13.0 Å². The SMILES string of the molecule is CCCNCc1ccc(N2CCCC(C)(OC)C2)c(Br)c1. The molecule has 1 aliphatic rings. The Bertz CT molecular complexity index is 466. The quantitative estimate of drug-likeness (QED) is 0.782. The molecule has 1 heterocycles. The summed E-state index contributed by atoms with van der Waals surface area (Å²) in [6.07, 6.45) is 3.48. The molecule has 1 aromatic rings. The van der Waals surface area contributed by atoms with Gasteiger partial charge in [-0.25, -0.2) is 0 Å². The number of hydrogen-bond acceptors (Lipinski definition) is 3. The molecule has 1 unspecified atom stereocenters. The Hall–Kier alpha value is -0.580. The summed E-state index contributed by atoms with van der Waals surface area (Å²) in [7, 11) is 1.82. The third-order valence-electron chi connectivity index (χ3n) is 4.26. The number of rotatable bonds is 6. The molecule has 21 heavy (non-hydrogen) atoms. The second-order valence-corrected chi connectivity index (χ2v) is 7.00. The van der Waals surface area contributed by atoms with E-state index in [0.29, 0.717) is 0 Å². The topological polar surface area (TPSA) is 24.5 Å². The summed E-state index contributed by atoms with van der Waals surface area (Å²) in [5, 5.41) is 3.45. The van der Waals surface area contributed by atoms with Gasteiger partial charge in [0, 0.05) is 31.2 Å². The number of methoxy groups -OCH3 is 1. The number of benzene rings is 1. The highest BCUT2D eigenvalue weighted by Gasteiger charge is 2.31. The second kappa shape index (κ2) is 7.61. The highest BCUT2D eigenvalue weighted by molar-refractivity contribution is 9.10. The zero-order valence-corrected chi connectivity index (χ0v) is 15.0. The maximum Gasteiger partial charge on any atom is 0.0825 e. The first-order valence-corrected chi connectivity index (χ1v) is 8.66. The Kier molecular flexibility index (Phi) is 6.08. The summed E-state index contributed by atoms with van der Waals surface area (Å²) in [6.45, 7) is 8.45. The van der Waals surface area contributed by atoms with Crippen LogP contribution in [0.15, 0.2) is 22.7 Å². The van der Waals surface area contributed by atoms with E-state index in [2.05, 4.69) is 58.2 Å². The fourth-order valence-electron chi connectivity index (χ4n) is 2.90. The van der Waals surface area contributed by atoms with Crippen molar-refractivity contribution in [2.45, 2.75) is 45.3 Å². The van der Waals surface area contributed by atoms with Crippen LogP contribution in [0.5, 0.6) is 0 Å². The third kappa shape index (κ3) is 4.44. The smallest absolute Gasteiger partial charge is 0.0825 e. The van der Waals surface area contributed by atoms with Crippen molar-refractivity contribution in [2.24, 2.45) is 0 Å². The fourth-order valence-corrected chi connectivity index (χ4v) is 3.58. The van der Waals surface area contributed by atoms with E-state index in [1.54, 1.807) is 0 Å². The molecule has 1 fully saturated rings. The Morgan fingerprint density at radius 3 is 2.90 bits per heavy atom. The molecule has 118 valence electrons. The van der Waals surface area contributed by atoms with Gasteiger partial charge in [-0.3, -0.25) is 0 Å². The zero-order chi connectivity index (χ0) is 15.3. The first-order valence-electron chi connectivity index (χ1n) is 7.87. The van der Waals surface area contributed by atoms with E-state index in [1.807, 2.05) is 7.11 Å². The highest BCUT2D eigenvalue weighted by atomic mass is 79.9. The van der Waals surface area contributed by atoms with Crippen molar-refractivity contribution in [1.82, 2.24) is 5.32 Å². The molecule has 0 aliphatic carbocycles. The van der Waals surface area contributed by atoms with Crippen LogP contribution in [0.25, 0.3) is 0 Å². The number of nitrogens with one attached hydrogen (secondary N) is 1. The maximum absolute atomic E-state index is 5.69. The number of halogens is 1. The van der Waals surface area contributed by atoms with E-state index in [1.165, 1.54) is 28.6 Å². The van der Waals surface area contributed by atoms with Crippen LogP contribution in [0.3, 0.4) is 0 Å². The Morgan fingerprint density at radius 1 is 1.43 bits per heavy atom. The number of ether oxygens (including phenoxy) is 1. The predicted octanol–water partition coefficient (Wildman–Crippen LogP) is 3.95. The molecule has 2 rings (SSSR count). The van der Waals surface area contributed by atoms with Gasteiger partial charge in [-0.15, -0.1) is 0 Å². The van der Waals surface area contributed by atoms with Gasteiger partial charge >= 0.3 is 0 Å². The van der Waals surface area contributed by atoms with E-state index in [9.17, 15) is 0 Å². The molecule has 0 amide bonds. The molecule has 0 radical (unpaired) electrons. The third-order valence-corrected chi connectivity index (χ3v) is 4.90. The lowest BCUT2D eigenvalue weighted by atomic mass is 9.94. The lowest BCUT2D eigenvalue weighted by Crippen LogP contribution is -2.47. The van der Waals surface area contributed by atoms with Crippen LogP contribution in [-0.2, 0) is 11.3 Å². The molecule has 0 aromatic heterocycles. The van der Waals surface area contributed by atoms with Crippen LogP contribution >= 0.6 is 15.9 Å². The number of hydrogen-bond donors (Lipinski definition) is 1. The summed E-state index contributed by atoms with van der Waals surface area (Å²) in [4.78, 5) is 2.43. The average Bonchev–Trinajstić information content (AvgIpc) is 2.48. The maximum atomic E-state index is 5.69. The van der Waals surface area contributed by atoms with Crippen LogP contribution < -0.4 is 10.2 Å². The Balaban J connectivity index is 2.06. The Labute approximate surface area is 137 Å². The van der Waals surface area contributed by atoms with Crippen LogP contribution in [-0.4, -0.2) is 32.3 Å². The minimum absolute atomic E-state index is 0.0287. The van der Waals surface area contributed by atoms with Crippen LogP contribution in [0.2, 0.25) is 0 Å². The van der Waals surface area contributed by atoms with Gasteiger partial charge in [0.05, 0.1) is 11.3 Å². The van der Waals surface area contributed by atoms with Crippen molar-refractivity contribution in [3.05, 3.63) is 28.2 Å². The Morgan fingerprint density at radius 2 is 2.24 bits per heavy atom. The molecule has 1 atom stereocenters. The molecule has 0 saturated carbocycles. The summed E-state index contributed by atoms with van der Waals surface area (Å²) in [6, 6.07) is 6.69. The van der Waals surface area contributed by atoms with Crippen LogP contribution in [0.4, 0.5) is 5.69 Å². The van der Waals surface area contributed by atoms with Gasteiger partial charge in [-0.05, 0) is 66.4 Å². The first-order chi connectivity index (χ1) is 10.1. The molecule has 1 aromatic carbocycles. The van der Waals surface area contributed by atoms with Gasteiger partial charge in [0.2, 0.25) is 0 Å². The van der Waals surface area contributed by atoms with E-state index in [0.717, 1.165) is 32.6 Å². The molecule has 1 N–H and O–H groups in total. The molecule has 1 aliphatic heterocycles. The minimum Gasteiger partial charge on any atom is -0.377 e. The van der Waals surface area contributed by atoms with Gasteiger partial charge < -0.3 is 15.0 Å². The number of piperidine rings is 1. The van der Waals surface area contributed by atoms with Crippen LogP contribution in [0.1, 0.15) is 38.7 Å². The molecule has 3 nitrogen and oxygen atoms in total. The number of nitrogens with zero attached hydrogens (tertiary/aromatic N) is 1. The van der Waals surface area contributed by atoms with Gasteiger partial charge in [0.1, 0.15) is 0 Å². The van der Waals surface area contributed by atoms with Crippen molar-refractivity contribution in [2.75, 3.05) is 31.6 Å². The summed E-state index contributed by atoms with van der Waals surface area (Å²) in [5.41, 5.74) is 2.57. The van der Waals surface area contributed by atoms with Gasteiger partial charge in [0.25, 0.3) is 0 Å². The van der Waals surface area contributed by atoms with Crippen molar-refractivity contribution < 1.29 is 4.74 Å². The van der Waals surface area contributed by atoms with Crippen molar-refractivity contribution in [3.63, 3.8) is 0 Å². The summed E-state index contributed by atoms with van der Waals surface area (Å²) < 4.78 is 6.87. The van der Waals surface area contributed by atoms with E-state index in [-0.39, 0.29) is 5.60 Å².